The van der Waals surface area contributed by atoms with Crippen LogP contribution in [-0.2, 0) is 17.8 Å². The molecule has 1 fully saturated rings. The van der Waals surface area contributed by atoms with Gasteiger partial charge in [0.25, 0.3) is 0 Å². The van der Waals surface area contributed by atoms with E-state index in [1.807, 2.05) is 46.2 Å². The van der Waals surface area contributed by atoms with Crippen LogP contribution in [-0.4, -0.2) is 40.9 Å². The molecule has 0 atom stereocenters. The maximum absolute atomic E-state index is 13.1. The van der Waals surface area contributed by atoms with Crippen LogP contribution >= 0.6 is 0 Å². The highest BCUT2D eigenvalue weighted by molar-refractivity contribution is 5.90. The Bertz CT molecular complexity index is 765. The number of furan rings is 1. The lowest BCUT2D eigenvalue weighted by Gasteiger charge is -2.38. The third kappa shape index (κ3) is 4.70. The van der Waals surface area contributed by atoms with E-state index in [4.69, 9.17) is 4.42 Å². The molecule has 0 radical (unpaired) electrons. The Hall–Kier alpha value is -2.76. The third-order valence-corrected chi connectivity index (χ3v) is 5.16. The highest BCUT2D eigenvalue weighted by Crippen LogP contribution is 2.22. The highest BCUT2D eigenvalue weighted by atomic mass is 16.3. The normalized spacial score (nSPS) is 14.8. The molecule has 6 nitrogen and oxygen atoms in total. The van der Waals surface area contributed by atoms with Gasteiger partial charge in [-0.05, 0) is 43.0 Å². The van der Waals surface area contributed by atoms with Gasteiger partial charge >= 0.3 is 6.03 Å². The Morgan fingerprint density at radius 1 is 1.19 bits per heavy atom. The molecule has 1 N–H and O–H groups in total. The number of carbonyl (C=O) groups is 2. The van der Waals surface area contributed by atoms with Gasteiger partial charge in [0.1, 0.15) is 5.76 Å². The first kappa shape index (κ1) is 19.0. The molecule has 144 valence electrons. The van der Waals surface area contributed by atoms with Gasteiger partial charge in [0.15, 0.2) is 0 Å². The Morgan fingerprint density at radius 3 is 2.56 bits per heavy atom. The highest BCUT2D eigenvalue weighted by Gasteiger charge is 2.29. The van der Waals surface area contributed by atoms with E-state index in [9.17, 15) is 9.59 Å². The molecular weight excluding hydrogens is 342 g/mol. The zero-order valence-electron chi connectivity index (χ0n) is 16.0. The van der Waals surface area contributed by atoms with Crippen LogP contribution in [0.5, 0.6) is 0 Å². The lowest BCUT2D eigenvalue weighted by Crippen LogP contribution is -2.49. The largest absolute Gasteiger partial charge is 0.467 e. The quantitative estimate of drug-likeness (QED) is 0.870. The Balaban J connectivity index is 1.75. The van der Waals surface area contributed by atoms with Gasteiger partial charge in [-0.25, -0.2) is 4.79 Å². The number of rotatable bonds is 5. The summed E-state index contributed by atoms with van der Waals surface area (Å²) in [7, 11) is 0. The van der Waals surface area contributed by atoms with Crippen LogP contribution in [0, 0.1) is 0 Å². The number of likely N-dealkylation sites (tertiary alicyclic amines) is 1. The van der Waals surface area contributed by atoms with Crippen LogP contribution < -0.4 is 5.32 Å². The molecule has 2 heterocycles. The van der Waals surface area contributed by atoms with E-state index in [0.717, 1.165) is 36.3 Å². The molecule has 3 amide bonds. The number of benzene rings is 1. The number of aryl methyl sites for hydroxylation is 1. The van der Waals surface area contributed by atoms with Gasteiger partial charge in [0.2, 0.25) is 5.91 Å². The van der Waals surface area contributed by atoms with Crippen molar-refractivity contribution in [3.63, 3.8) is 0 Å². The van der Waals surface area contributed by atoms with Crippen LogP contribution in [0.4, 0.5) is 10.5 Å². The van der Waals surface area contributed by atoms with Crippen LogP contribution in [0.1, 0.15) is 38.0 Å². The fraction of sp³-hybridized carbons (Fsp3) is 0.429. The summed E-state index contributed by atoms with van der Waals surface area (Å²) in [5.41, 5.74) is 1.95. The summed E-state index contributed by atoms with van der Waals surface area (Å²) in [4.78, 5) is 28.4. The number of amides is 3. The molecule has 0 saturated carbocycles. The van der Waals surface area contributed by atoms with E-state index in [-0.39, 0.29) is 18.0 Å². The van der Waals surface area contributed by atoms with Crippen molar-refractivity contribution in [3.05, 3.63) is 54.0 Å². The van der Waals surface area contributed by atoms with E-state index >= 15 is 0 Å². The monoisotopic (exact) mass is 369 g/mol. The molecule has 1 aromatic carbocycles. The van der Waals surface area contributed by atoms with Crippen LogP contribution in [0.25, 0.3) is 0 Å². The van der Waals surface area contributed by atoms with Gasteiger partial charge in [-0.1, -0.05) is 25.1 Å². The summed E-state index contributed by atoms with van der Waals surface area (Å²) < 4.78 is 5.47. The van der Waals surface area contributed by atoms with E-state index in [1.54, 1.807) is 13.2 Å². The number of nitrogens with zero attached hydrogens (tertiary/aromatic N) is 2. The van der Waals surface area contributed by atoms with Gasteiger partial charge < -0.3 is 19.5 Å². The minimum absolute atomic E-state index is 0.0690. The average molecular weight is 369 g/mol. The number of urea groups is 1. The number of piperidine rings is 1. The van der Waals surface area contributed by atoms with Crippen molar-refractivity contribution in [2.75, 3.05) is 18.4 Å². The molecule has 1 aliphatic rings. The molecule has 1 aromatic heterocycles. The summed E-state index contributed by atoms with van der Waals surface area (Å²) in [6.45, 7) is 5.43. The molecule has 0 aliphatic carbocycles. The molecular formula is C21H27N3O3. The maximum Gasteiger partial charge on any atom is 0.322 e. The van der Waals surface area contributed by atoms with Gasteiger partial charge in [0.05, 0.1) is 12.8 Å². The Labute approximate surface area is 160 Å². The summed E-state index contributed by atoms with van der Waals surface area (Å²) in [5, 5.41) is 3.07. The average Bonchev–Trinajstić information content (AvgIpc) is 3.20. The molecule has 2 aromatic rings. The van der Waals surface area contributed by atoms with Crippen molar-refractivity contribution < 1.29 is 14.0 Å². The smallest absolute Gasteiger partial charge is 0.322 e. The SMILES string of the molecule is CCc1ccccc1NC(=O)N(Cc1ccco1)C1CCN(C(C)=O)CC1. The van der Waals surface area contributed by atoms with Crippen LogP contribution in [0.3, 0.4) is 0 Å². The van der Waals surface area contributed by atoms with Crippen LogP contribution in [0.2, 0.25) is 0 Å². The molecule has 27 heavy (non-hydrogen) atoms. The minimum atomic E-state index is -0.131. The van der Waals surface area contributed by atoms with E-state index in [1.165, 1.54) is 0 Å². The van der Waals surface area contributed by atoms with Gasteiger partial charge in [-0.15, -0.1) is 0 Å². The van der Waals surface area contributed by atoms with Crippen molar-refractivity contribution in [1.29, 1.82) is 0 Å². The Morgan fingerprint density at radius 2 is 1.93 bits per heavy atom. The van der Waals surface area contributed by atoms with Gasteiger partial charge in [-0.2, -0.15) is 0 Å². The van der Waals surface area contributed by atoms with Crippen molar-refractivity contribution in [2.24, 2.45) is 0 Å². The minimum Gasteiger partial charge on any atom is -0.467 e. The summed E-state index contributed by atoms with van der Waals surface area (Å²) in [5.74, 6) is 0.843. The van der Waals surface area contributed by atoms with Crippen molar-refractivity contribution >= 4 is 17.6 Å². The number of hydrogen-bond donors (Lipinski definition) is 1. The molecule has 0 bridgehead atoms. The fourth-order valence-electron chi connectivity index (χ4n) is 3.57. The summed E-state index contributed by atoms with van der Waals surface area (Å²) in [6.07, 6.45) is 4.01. The first-order chi connectivity index (χ1) is 13.1. The van der Waals surface area contributed by atoms with E-state index in [0.29, 0.717) is 19.6 Å². The fourth-order valence-corrected chi connectivity index (χ4v) is 3.57. The zero-order chi connectivity index (χ0) is 19.2. The third-order valence-electron chi connectivity index (χ3n) is 5.16. The second-order valence-electron chi connectivity index (χ2n) is 6.89. The number of para-hydroxylation sites is 1. The molecule has 1 aliphatic heterocycles. The number of nitrogens with one attached hydrogen (secondary N) is 1. The molecule has 1 saturated heterocycles. The topological polar surface area (TPSA) is 65.8 Å². The van der Waals surface area contributed by atoms with E-state index in [2.05, 4.69) is 12.2 Å². The number of anilines is 1. The van der Waals surface area contributed by atoms with Gasteiger partial charge in [-0.3, -0.25) is 4.79 Å². The second-order valence-corrected chi connectivity index (χ2v) is 6.89. The standard InChI is InChI=1S/C21H27N3O3/c1-3-17-7-4-5-9-20(17)22-21(26)24(15-19-8-6-14-27-19)18-10-12-23(13-11-18)16(2)25/h4-9,14,18H,3,10-13,15H2,1-2H3,(H,22,26). The van der Waals surface area contributed by atoms with Crippen molar-refractivity contribution in [3.8, 4) is 0 Å². The second kappa shape index (κ2) is 8.75. The van der Waals surface area contributed by atoms with Crippen LogP contribution in [0.15, 0.2) is 47.1 Å². The maximum atomic E-state index is 13.1. The summed E-state index contributed by atoms with van der Waals surface area (Å²) in [6, 6.07) is 11.5. The van der Waals surface area contributed by atoms with Gasteiger partial charge in [0, 0.05) is 31.7 Å². The molecule has 6 heteroatoms. The Kier molecular flexibility index (Phi) is 6.16. The summed E-state index contributed by atoms with van der Waals surface area (Å²) >= 11 is 0. The van der Waals surface area contributed by atoms with Crippen molar-refractivity contribution in [2.45, 2.75) is 45.7 Å². The lowest BCUT2D eigenvalue weighted by molar-refractivity contribution is -0.130. The number of carbonyl (C=O) groups excluding carboxylic acids is 2. The lowest BCUT2D eigenvalue weighted by atomic mass is 10.0. The molecule has 0 spiro atoms. The molecule has 3 rings (SSSR count). The zero-order valence-corrected chi connectivity index (χ0v) is 16.0. The predicted octanol–water partition coefficient (Wildman–Crippen LogP) is 3.89. The first-order valence-corrected chi connectivity index (χ1v) is 9.52. The van der Waals surface area contributed by atoms with E-state index < -0.39 is 0 Å². The molecule has 0 unspecified atom stereocenters. The van der Waals surface area contributed by atoms with Crippen molar-refractivity contribution in [1.82, 2.24) is 9.80 Å². The predicted molar refractivity (Wildman–Crippen MR) is 104 cm³/mol. The number of hydrogen-bond acceptors (Lipinski definition) is 3. The first-order valence-electron chi connectivity index (χ1n) is 9.52.